The molecule has 24 heavy (non-hydrogen) atoms. The fraction of sp³-hybridized carbons (Fsp3) is 0. The van der Waals surface area contributed by atoms with Gasteiger partial charge >= 0.3 is 0 Å². The van der Waals surface area contributed by atoms with Crippen molar-refractivity contribution in [3.8, 4) is 22.3 Å². The largest absolute Gasteiger partial charge is 0.455 e. The topological polar surface area (TPSA) is 13.1 Å². The van der Waals surface area contributed by atoms with Crippen LogP contribution in [0.4, 0.5) is 0 Å². The summed E-state index contributed by atoms with van der Waals surface area (Å²) in [5.41, 5.74) is 7.52. The minimum absolute atomic E-state index is 0.764. The molecule has 0 atom stereocenters. The molecule has 1 aromatic heterocycles. The quantitative estimate of drug-likeness (QED) is 0.352. The summed E-state index contributed by atoms with van der Waals surface area (Å²) >= 11 is 0. The average molecular weight is 302 g/mol. The van der Waals surface area contributed by atoms with Gasteiger partial charge in [0.15, 0.2) is 0 Å². The van der Waals surface area contributed by atoms with E-state index in [9.17, 15) is 0 Å². The first-order chi connectivity index (χ1) is 11.8. The Labute approximate surface area is 139 Å². The zero-order chi connectivity index (χ0) is 15.8. The van der Waals surface area contributed by atoms with Crippen molar-refractivity contribution in [2.75, 3.05) is 0 Å². The van der Waals surface area contributed by atoms with Crippen molar-refractivity contribution in [3.05, 3.63) is 66.7 Å². The van der Waals surface area contributed by atoms with Crippen LogP contribution in [0.1, 0.15) is 0 Å². The van der Waals surface area contributed by atoms with Crippen LogP contribution in [0.15, 0.2) is 71.1 Å². The standard InChI is InChI=1S/C22H11BO/c23-17-8-3-9-18-21(17)16-11-10-14-13-6-1-4-12-5-2-7-15(19(12)13)20(14)22(16)24-18/h1-11H. The Morgan fingerprint density at radius 3 is 2.33 bits per heavy atom. The number of hydrogen-bond donors (Lipinski definition) is 0. The molecule has 1 aliphatic carbocycles. The van der Waals surface area contributed by atoms with E-state index in [-0.39, 0.29) is 0 Å². The number of benzene rings is 4. The van der Waals surface area contributed by atoms with Crippen molar-refractivity contribution in [1.82, 2.24) is 0 Å². The highest BCUT2D eigenvalue weighted by Gasteiger charge is 2.25. The highest BCUT2D eigenvalue weighted by molar-refractivity contribution is 6.41. The molecule has 1 aliphatic rings. The molecule has 6 rings (SSSR count). The molecule has 1 nitrogen and oxygen atoms in total. The summed E-state index contributed by atoms with van der Waals surface area (Å²) in [5.74, 6) is 0. The van der Waals surface area contributed by atoms with Crippen LogP contribution in [-0.2, 0) is 0 Å². The normalized spacial score (nSPS) is 12.3. The van der Waals surface area contributed by atoms with Gasteiger partial charge in [-0.2, -0.15) is 0 Å². The van der Waals surface area contributed by atoms with Gasteiger partial charge in [0, 0.05) is 16.3 Å². The Bertz CT molecular complexity index is 1310. The lowest BCUT2D eigenvalue weighted by Gasteiger charge is -2.02. The number of hydrogen-bond acceptors (Lipinski definition) is 1. The molecule has 2 heteroatoms. The fourth-order valence-corrected chi connectivity index (χ4v) is 4.18. The molecular formula is C22H11BO. The van der Waals surface area contributed by atoms with E-state index >= 15 is 0 Å². The highest BCUT2D eigenvalue weighted by atomic mass is 16.3. The molecule has 0 saturated carbocycles. The van der Waals surface area contributed by atoms with E-state index in [1.807, 2.05) is 18.2 Å². The second-order valence-electron chi connectivity index (χ2n) is 6.40. The first-order valence-corrected chi connectivity index (χ1v) is 8.09. The Kier molecular flexibility index (Phi) is 2.12. The van der Waals surface area contributed by atoms with Gasteiger partial charge in [-0.1, -0.05) is 60.1 Å². The molecule has 0 spiro atoms. The summed E-state index contributed by atoms with van der Waals surface area (Å²) in [4.78, 5) is 0. The maximum absolute atomic E-state index is 6.26. The molecule has 108 valence electrons. The van der Waals surface area contributed by atoms with Crippen LogP contribution < -0.4 is 5.46 Å². The molecule has 0 aliphatic heterocycles. The molecular weight excluding hydrogens is 291 g/mol. The van der Waals surface area contributed by atoms with E-state index in [0.29, 0.717) is 0 Å². The van der Waals surface area contributed by atoms with E-state index in [1.54, 1.807) is 0 Å². The van der Waals surface area contributed by atoms with Gasteiger partial charge in [0.1, 0.15) is 19.0 Å². The summed E-state index contributed by atoms with van der Waals surface area (Å²) in [7, 11) is 6.21. The predicted octanol–water partition coefficient (Wildman–Crippen LogP) is 5.18. The van der Waals surface area contributed by atoms with E-state index in [4.69, 9.17) is 12.3 Å². The van der Waals surface area contributed by atoms with Crippen molar-refractivity contribution in [2.45, 2.75) is 0 Å². The lowest BCUT2D eigenvalue weighted by atomic mass is 9.90. The minimum atomic E-state index is 0.764. The van der Waals surface area contributed by atoms with Gasteiger partial charge in [-0.3, -0.25) is 0 Å². The monoisotopic (exact) mass is 302 g/mol. The van der Waals surface area contributed by atoms with Crippen molar-refractivity contribution < 1.29 is 4.42 Å². The summed E-state index contributed by atoms with van der Waals surface area (Å²) in [5, 5.41) is 4.69. The van der Waals surface area contributed by atoms with Crippen molar-refractivity contribution in [3.63, 3.8) is 0 Å². The summed E-state index contributed by atoms with van der Waals surface area (Å²) in [6.07, 6.45) is 0. The van der Waals surface area contributed by atoms with Crippen LogP contribution >= 0.6 is 0 Å². The molecule has 0 amide bonds. The van der Waals surface area contributed by atoms with Gasteiger partial charge in [0.25, 0.3) is 0 Å². The lowest BCUT2D eigenvalue weighted by Crippen LogP contribution is -2.01. The van der Waals surface area contributed by atoms with Crippen LogP contribution in [0, 0.1) is 0 Å². The molecule has 2 radical (unpaired) electrons. The Balaban J connectivity index is 1.88. The fourth-order valence-electron chi connectivity index (χ4n) is 4.18. The minimum Gasteiger partial charge on any atom is -0.455 e. The van der Waals surface area contributed by atoms with Crippen LogP contribution in [-0.4, -0.2) is 7.85 Å². The molecule has 4 aromatic carbocycles. The zero-order valence-corrected chi connectivity index (χ0v) is 12.8. The van der Waals surface area contributed by atoms with Gasteiger partial charge in [-0.25, -0.2) is 0 Å². The SMILES string of the molecule is [B]c1cccc2oc3c4c(ccc3c12)-c1cccc2cccc-4c12. The molecule has 0 N–H and O–H groups in total. The first kappa shape index (κ1) is 12.4. The predicted molar refractivity (Wildman–Crippen MR) is 101 cm³/mol. The van der Waals surface area contributed by atoms with Crippen LogP contribution in [0.25, 0.3) is 55.0 Å². The number of rotatable bonds is 0. The molecule has 1 heterocycles. The summed E-state index contributed by atoms with van der Waals surface area (Å²) in [6.45, 7) is 0. The van der Waals surface area contributed by atoms with Gasteiger partial charge in [0.05, 0.1) is 0 Å². The molecule has 0 unspecified atom stereocenters. The summed E-state index contributed by atoms with van der Waals surface area (Å²) < 4.78 is 6.26. The number of furan rings is 1. The smallest absolute Gasteiger partial charge is 0.143 e. The maximum Gasteiger partial charge on any atom is 0.143 e. The highest BCUT2D eigenvalue weighted by Crippen LogP contribution is 2.51. The second kappa shape index (κ2) is 4.10. The van der Waals surface area contributed by atoms with E-state index in [1.165, 1.54) is 33.0 Å². The molecule has 0 bridgehead atoms. The molecule has 5 aromatic rings. The molecule has 0 saturated heterocycles. The lowest BCUT2D eigenvalue weighted by molar-refractivity contribution is 0.670. The Hall–Kier alpha value is -3.00. The third-order valence-corrected chi connectivity index (χ3v) is 5.16. The van der Waals surface area contributed by atoms with E-state index < -0.39 is 0 Å². The zero-order valence-electron chi connectivity index (χ0n) is 12.8. The van der Waals surface area contributed by atoms with Crippen molar-refractivity contribution >= 4 is 46.0 Å². The molecule has 0 fully saturated rings. The van der Waals surface area contributed by atoms with E-state index in [0.717, 1.165) is 27.4 Å². The van der Waals surface area contributed by atoms with Crippen LogP contribution in [0.2, 0.25) is 0 Å². The van der Waals surface area contributed by atoms with Crippen LogP contribution in [0.3, 0.4) is 0 Å². The third kappa shape index (κ3) is 1.33. The van der Waals surface area contributed by atoms with Crippen LogP contribution in [0.5, 0.6) is 0 Å². The number of fused-ring (bicyclic) bond motifs is 7. The van der Waals surface area contributed by atoms with Crippen molar-refractivity contribution in [2.24, 2.45) is 0 Å². The maximum atomic E-state index is 6.26. The summed E-state index contributed by atoms with van der Waals surface area (Å²) in [6, 6.07) is 23.2. The van der Waals surface area contributed by atoms with Crippen molar-refractivity contribution in [1.29, 1.82) is 0 Å². The Morgan fingerprint density at radius 2 is 1.46 bits per heavy atom. The second-order valence-corrected chi connectivity index (χ2v) is 6.40. The van der Waals surface area contributed by atoms with E-state index in [2.05, 4.69) is 48.5 Å². The first-order valence-electron chi connectivity index (χ1n) is 8.09. The van der Waals surface area contributed by atoms with Gasteiger partial charge in [-0.15, -0.1) is 0 Å². The third-order valence-electron chi connectivity index (χ3n) is 5.16. The van der Waals surface area contributed by atoms with Gasteiger partial charge < -0.3 is 4.42 Å². The Morgan fingerprint density at radius 1 is 0.667 bits per heavy atom. The van der Waals surface area contributed by atoms with Gasteiger partial charge in [0.2, 0.25) is 0 Å². The average Bonchev–Trinajstić information content (AvgIpc) is 3.14. The van der Waals surface area contributed by atoms with Gasteiger partial charge in [-0.05, 0) is 39.6 Å².